The summed E-state index contributed by atoms with van der Waals surface area (Å²) in [7, 11) is 4.10. The van der Waals surface area contributed by atoms with Gasteiger partial charge in [-0.1, -0.05) is 127 Å². The summed E-state index contributed by atoms with van der Waals surface area (Å²) in [6.45, 7) is 5.41. The summed E-state index contributed by atoms with van der Waals surface area (Å²) in [6, 6.07) is 0.262. The van der Waals surface area contributed by atoms with Crippen LogP contribution in [0.25, 0.3) is 0 Å². The molecule has 49 heavy (non-hydrogen) atoms. The van der Waals surface area contributed by atoms with Gasteiger partial charge in [0.05, 0.1) is 0 Å². The van der Waals surface area contributed by atoms with Crippen molar-refractivity contribution < 1.29 is 14.4 Å². The molecule has 0 aliphatic heterocycles. The monoisotopic (exact) mass is 705 g/mol. The number of thioether (sulfide) groups is 1. The molecule has 1 amide bonds. The minimum atomic E-state index is 0.191. The third-order valence-electron chi connectivity index (χ3n) is 9.22. The number of nitrogens with zero attached hydrogens (tertiary/aromatic N) is 1. The molecule has 0 aromatic heterocycles. The van der Waals surface area contributed by atoms with E-state index >= 15 is 0 Å². The van der Waals surface area contributed by atoms with E-state index in [4.69, 9.17) is 0 Å². The van der Waals surface area contributed by atoms with E-state index in [0.717, 1.165) is 115 Å². The molecular weight excluding hydrogens is 625 g/mol. The lowest BCUT2D eigenvalue weighted by Crippen LogP contribution is -2.35. The van der Waals surface area contributed by atoms with Gasteiger partial charge in [-0.05, 0) is 104 Å². The average molecular weight is 705 g/mol. The maximum atomic E-state index is 12.6. The second-order valence-electron chi connectivity index (χ2n) is 14.5. The van der Waals surface area contributed by atoms with E-state index in [1.165, 1.54) is 82.4 Å². The lowest BCUT2D eigenvalue weighted by Gasteiger charge is -2.19. The van der Waals surface area contributed by atoms with Crippen molar-refractivity contribution in [2.45, 2.75) is 206 Å². The summed E-state index contributed by atoms with van der Waals surface area (Å²) in [5, 5.41) is 3.69. The maximum absolute atomic E-state index is 12.6. The minimum absolute atomic E-state index is 0.191. The molecule has 0 rings (SSSR count). The third-order valence-corrected chi connectivity index (χ3v) is 10.2. The van der Waals surface area contributed by atoms with Crippen LogP contribution in [0.15, 0.2) is 24.3 Å². The van der Waals surface area contributed by atoms with Crippen molar-refractivity contribution in [1.29, 1.82) is 0 Å². The Morgan fingerprint density at radius 3 is 1.57 bits per heavy atom. The van der Waals surface area contributed by atoms with E-state index in [2.05, 4.69) is 62.5 Å². The number of carbonyl (C=O) groups excluding carboxylic acids is 3. The fourth-order valence-corrected chi connectivity index (χ4v) is 6.87. The quantitative estimate of drug-likeness (QED) is 0.0515. The van der Waals surface area contributed by atoms with E-state index in [0.29, 0.717) is 23.7 Å². The Bertz CT molecular complexity index is 826. The van der Waals surface area contributed by atoms with Gasteiger partial charge < -0.3 is 10.2 Å². The maximum Gasteiger partial charge on any atom is 0.220 e. The van der Waals surface area contributed by atoms with Crippen LogP contribution in [0.5, 0.6) is 0 Å². The molecule has 1 unspecified atom stereocenters. The first-order valence-electron chi connectivity index (χ1n) is 20.8. The van der Waals surface area contributed by atoms with E-state index in [1.54, 1.807) is 0 Å². The van der Waals surface area contributed by atoms with Crippen molar-refractivity contribution in [2.75, 3.05) is 26.4 Å². The van der Waals surface area contributed by atoms with Crippen LogP contribution in [0.1, 0.15) is 200 Å². The summed E-state index contributed by atoms with van der Waals surface area (Å²) >= 11 is 1.50. The number of Topliss-reactive ketones (excluding diaryl/α,β-unsaturated/α-hetero) is 1. The fourth-order valence-electron chi connectivity index (χ4n) is 6.10. The molecule has 1 N–H and O–H groups in total. The summed E-state index contributed by atoms with van der Waals surface area (Å²) in [5.41, 5.74) is 0. The SMILES string of the molecule is CCCCC/C=C\CCCCC(=O)CCCCCCCC(CCCCCCCC(=O)SCC/C=C\CCCCC)NC(=O)CCCN(C)C. The molecule has 0 aliphatic rings. The van der Waals surface area contributed by atoms with Crippen LogP contribution >= 0.6 is 11.8 Å². The van der Waals surface area contributed by atoms with E-state index in [1.807, 2.05) is 0 Å². The standard InChI is InChI=1S/C43H80N2O3S/c1-5-7-9-11-13-14-15-21-27-34-41(46)35-28-22-17-19-25-32-40(44-42(47)36-31-38-45(3)4)33-26-20-18-23-29-37-43(48)49-39-30-24-16-12-10-8-6-2/h13-14,16,24,40H,5-12,15,17-23,25-39H2,1-4H3,(H,44,47)/b14-13-,24-16-. The summed E-state index contributed by atoms with van der Waals surface area (Å²) in [6.07, 6.45) is 40.4. The number of amides is 1. The molecule has 0 fully saturated rings. The predicted molar refractivity (Wildman–Crippen MR) is 216 cm³/mol. The molecule has 1 atom stereocenters. The van der Waals surface area contributed by atoms with Gasteiger partial charge in [0.15, 0.2) is 5.12 Å². The number of nitrogens with one attached hydrogen (secondary N) is 1. The van der Waals surface area contributed by atoms with Gasteiger partial charge >= 0.3 is 0 Å². The Morgan fingerprint density at radius 1 is 0.551 bits per heavy atom. The highest BCUT2D eigenvalue weighted by Gasteiger charge is 2.12. The Morgan fingerprint density at radius 2 is 1.02 bits per heavy atom. The highest BCUT2D eigenvalue weighted by Crippen LogP contribution is 2.17. The molecular formula is C43H80N2O3S. The molecule has 0 bridgehead atoms. The third kappa shape index (κ3) is 37.7. The summed E-state index contributed by atoms with van der Waals surface area (Å²) < 4.78 is 0. The van der Waals surface area contributed by atoms with Crippen molar-refractivity contribution in [2.24, 2.45) is 0 Å². The van der Waals surface area contributed by atoms with Crippen molar-refractivity contribution in [3.63, 3.8) is 0 Å². The van der Waals surface area contributed by atoms with Gasteiger partial charge in [0.25, 0.3) is 0 Å². The number of allylic oxidation sites excluding steroid dienone is 4. The predicted octanol–water partition coefficient (Wildman–Crippen LogP) is 12.3. The first-order valence-corrected chi connectivity index (χ1v) is 21.8. The molecule has 286 valence electrons. The molecule has 5 nitrogen and oxygen atoms in total. The molecule has 0 aromatic carbocycles. The molecule has 0 saturated carbocycles. The largest absolute Gasteiger partial charge is 0.353 e. The zero-order chi connectivity index (χ0) is 36.0. The first-order chi connectivity index (χ1) is 23.9. The highest BCUT2D eigenvalue weighted by molar-refractivity contribution is 8.13. The van der Waals surface area contributed by atoms with Crippen LogP contribution in [-0.4, -0.2) is 54.1 Å². The second-order valence-corrected chi connectivity index (χ2v) is 15.7. The van der Waals surface area contributed by atoms with Crippen LogP contribution in [0.3, 0.4) is 0 Å². The molecule has 0 heterocycles. The van der Waals surface area contributed by atoms with Crippen LogP contribution in [-0.2, 0) is 14.4 Å². The van der Waals surface area contributed by atoms with Crippen LogP contribution in [0, 0.1) is 0 Å². The van der Waals surface area contributed by atoms with Gasteiger partial charge in [-0.25, -0.2) is 0 Å². The van der Waals surface area contributed by atoms with E-state index < -0.39 is 0 Å². The van der Waals surface area contributed by atoms with Gasteiger partial charge in [-0.3, -0.25) is 14.4 Å². The number of rotatable bonds is 37. The zero-order valence-electron chi connectivity index (χ0n) is 32.9. The zero-order valence-corrected chi connectivity index (χ0v) is 33.7. The highest BCUT2D eigenvalue weighted by atomic mass is 32.2. The van der Waals surface area contributed by atoms with Crippen molar-refractivity contribution in [3.05, 3.63) is 24.3 Å². The topological polar surface area (TPSA) is 66.5 Å². The number of hydrogen-bond donors (Lipinski definition) is 1. The Hall–Kier alpha value is -1.40. The molecule has 0 aliphatic carbocycles. The average Bonchev–Trinajstić information content (AvgIpc) is 3.07. The summed E-state index contributed by atoms with van der Waals surface area (Å²) in [5.74, 6) is 1.53. The van der Waals surface area contributed by atoms with Crippen LogP contribution < -0.4 is 5.32 Å². The van der Waals surface area contributed by atoms with Gasteiger partial charge in [0.1, 0.15) is 5.78 Å². The summed E-state index contributed by atoms with van der Waals surface area (Å²) in [4.78, 5) is 39.2. The molecule has 0 radical (unpaired) electrons. The van der Waals surface area contributed by atoms with Crippen molar-refractivity contribution >= 4 is 28.6 Å². The van der Waals surface area contributed by atoms with Crippen LogP contribution in [0.4, 0.5) is 0 Å². The van der Waals surface area contributed by atoms with Gasteiger partial charge in [-0.15, -0.1) is 0 Å². The van der Waals surface area contributed by atoms with Crippen molar-refractivity contribution in [1.82, 2.24) is 10.2 Å². The Kier molecular flexibility index (Phi) is 36.8. The normalized spacial score (nSPS) is 12.4. The molecule has 0 saturated heterocycles. The second kappa shape index (κ2) is 37.8. The number of carbonyl (C=O) groups is 3. The fraction of sp³-hybridized carbons (Fsp3) is 0.837. The molecule has 6 heteroatoms. The number of unbranched alkanes of at least 4 members (excludes halogenated alkanes) is 16. The number of hydrogen-bond acceptors (Lipinski definition) is 5. The van der Waals surface area contributed by atoms with E-state index in [9.17, 15) is 14.4 Å². The number of ketones is 1. The molecule has 0 aromatic rings. The van der Waals surface area contributed by atoms with Crippen molar-refractivity contribution in [3.8, 4) is 0 Å². The van der Waals surface area contributed by atoms with Gasteiger partial charge in [-0.2, -0.15) is 0 Å². The smallest absolute Gasteiger partial charge is 0.220 e. The van der Waals surface area contributed by atoms with Gasteiger partial charge in [0, 0.05) is 37.5 Å². The Balaban J connectivity index is 4.09. The van der Waals surface area contributed by atoms with E-state index in [-0.39, 0.29) is 11.9 Å². The first kappa shape index (κ1) is 47.6. The van der Waals surface area contributed by atoms with Gasteiger partial charge in [0.2, 0.25) is 5.91 Å². The molecule has 0 spiro atoms. The Labute approximate surface area is 309 Å². The minimum Gasteiger partial charge on any atom is -0.353 e. The lowest BCUT2D eigenvalue weighted by molar-refractivity contribution is -0.122. The van der Waals surface area contributed by atoms with Crippen LogP contribution in [0.2, 0.25) is 0 Å². The lowest BCUT2D eigenvalue weighted by atomic mass is 9.99.